The zero-order valence-corrected chi connectivity index (χ0v) is 18.6. The van der Waals surface area contributed by atoms with E-state index in [-0.39, 0.29) is 17.1 Å². The van der Waals surface area contributed by atoms with E-state index in [1.165, 1.54) is 23.5 Å². The molecule has 3 aromatic rings. The summed E-state index contributed by atoms with van der Waals surface area (Å²) < 4.78 is 38.3. The minimum atomic E-state index is -3.87. The van der Waals surface area contributed by atoms with Crippen LogP contribution in [-0.2, 0) is 21.4 Å². The van der Waals surface area contributed by atoms with E-state index in [2.05, 4.69) is 0 Å². The third-order valence-electron chi connectivity index (χ3n) is 4.81. The molecule has 0 amide bonds. The first-order valence-corrected chi connectivity index (χ1v) is 11.3. The maximum Gasteiger partial charge on any atom is 0.338 e. The number of ether oxygens (including phenoxy) is 2. The van der Waals surface area contributed by atoms with Crippen LogP contribution < -0.4 is 9.04 Å². The molecule has 0 atom stereocenters. The SMILES string of the molecule is CCOc1ccc(N(C)S(=O)(=O)c2ccc(C)c(C(=O)OCc3ccccc3)c2)cc1. The van der Waals surface area contributed by atoms with Crippen molar-refractivity contribution in [1.82, 2.24) is 0 Å². The standard InChI is InChI=1S/C24H25NO5S/c1-4-29-21-13-11-20(12-14-21)25(3)31(27,28)22-15-10-18(2)23(16-22)24(26)30-17-19-8-6-5-7-9-19/h5-16H,4,17H2,1-3H3. The van der Waals surface area contributed by atoms with Crippen LogP contribution >= 0.6 is 0 Å². The van der Waals surface area contributed by atoms with Gasteiger partial charge in [0.25, 0.3) is 10.0 Å². The second-order valence-electron chi connectivity index (χ2n) is 6.94. The van der Waals surface area contributed by atoms with E-state index in [0.717, 1.165) is 5.56 Å². The Morgan fingerprint density at radius 1 is 0.968 bits per heavy atom. The molecule has 0 saturated heterocycles. The predicted molar refractivity (Wildman–Crippen MR) is 120 cm³/mol. The van der Waals surface area contributed by atoms with E-state index in [0.29, 0.717) is 23.6 Å². The smallest absolute Gasteiger partial charge is 0.338 e. The van der Waals surface area contributed by atoms with E-state index in [1.807, 2.05) is 37.3 Å². The van der Waals surface area contributed by atoms with Crippen molar-refractivity contribution in [2.24, 2.45) is 0 Å². The normalized spacial score (nSPS) is 11.1. The van der Waals surface area contributed by atoms with Crippen LogP contribution in [0.1, 0.15) is 28.4 Å². The number of esters is 1. The minimum absolute atomic E-state index is 0.0149. The summed E-state index contributed by atoms with van der Waals surface area (Å²) in [4.78, 5) is 12.6. The van der Waals surface area contributed by atoms with Gasteiger partial charge in [-0.2, -0.15) is 0 Å². The van der Waals surface area contributed by atoms with Gasteiger partial charge in [0.1, 0.15) is 12.4 Å². The van der Waals surface area contributed by atoms with Gasteiger partial charge in [-0.3, -0.25) is 4.31 Å². The van der Waals surface area contributed by atoms with Gasteiger partial charge in [-0.05, 0) is 61.4 Å². The van der Waals surface area contributed by atoms with Gasteiger partial charge in [-0.1, -0.05) is 36.4 Å². The summed E-state index contributed by atoms with van der Waals surface area (Å²) >= 11 is 0. The number of sulfonamides is 1. The first kappa shape index (κ1) is 22.4. The molecule has 0 fully saturated rings. The average molecular weight is 440 g/mol. The van der Waals surface area contributed by atoms with Crippen LogP contribution in [0.25, 0.3) is 0 Å². The fourth-order valence-electron chi connectivity index (χ4n) is 3.00. The Hall–Kier alpha value is -3.32. The molecule has 3 rings (SSSR count). The van der Waals surface area contributed by atoms with E-state index < -0.39 is 16.0 Å². The van der Waals surface area contributed by atoms with Gasteiger partial charge in [-0.25, -0.2) is 13.2 Å². The lowest BCUT2D eigenvalue weighted by Crippen LogP contribution is -2.26. The molecule has 0 spiro atoms. The highest BCUT2D eigenvalue weighted by molar-refractivity contribution is 7.92. The monoisotopic (exact) mass is 439 g/mol. The molecule has 0 saturated carbocycles. The quantitative estimate of drug-likeness (QED) is 0.481. The van der Waals surface area contributed by atoms with Gasteiger partial charge >= 0.3 is 5.97 Å². The molecule has 0 N–H and O–H groups in total. The molecule has 31 heavy (non-hydrogen) atoms. The summed E-state index contributed by atoms with van der Waals surface area (Å²) in [6.45, 7) is 4.26. The number of anilines is 1. The second kappa shape index (κ2) is 9.66. The number of benzene rings is 3. The Bertz CT molecular complexity index is 1140. The number of aryl methyl sites for hydroxylation is 1. The molecule has 0 bridgehead atoms. The molecule has 0 aliphatic rings. The van der Waals surface area contributed by atoms with Crippen molar-refractivity contribution in [3.63, 3.8) is 0 Å². The minimum Gasteiger partial charge on any atom is -0.494 e. The Labute approximate surface area is 183 Å². The fourth-order valence-corrected chi connectivity index (χ4v) is 4.22. The van der Waals surface area contributed by atoms with E-state index >= 15 is 0 Å². The van der Waals surface area contributed by atoms with Gasteiger partial charge in [0.2, 0.25) is 0 Å². The van der Waals surface area contributed by atoms with Crippen LogP contribution in [0.4, 0.5) is 5.69 Å². The van der Waals surface area contributed by atoms with E-state index in [1.54, 1.807) is 37.3 Å². The van der Waals surface area contributed by atoms with Crippen LogP contribution in [-0.4, -0.2) is 28.0 Å². The Morgan fingerprint density at radius 3 is 2.29 bits per heavy atom. The molecule has 6 nitrogen and oxygen atoms in total. The molecule has 0 aromatic heterocycles. The molecule has 0 aliphatic heterocycles. The van der Waals surface area contributed by atoms with Crippen LogP contribution in [0.3, 0.4) is 0 Å². The Morgan fingerprint density at radius 2 is 1.65 bits per heavy atom. The topological polar surface area (TPSA) is 72.9 Å². The number of hydrogen-bond donors (Lipinski definition) is 0. The maximum absolute atomic E-state index is 13.2. The molecule has 162 valence electrons. The fraction of sp³-hybridized carbons (Fsp3) is 0.208. The van der Waals surface area contributed by atoms with Crippen molar-refractivity contribution < 1.29 is 22.7 Å². The summed E-state index contributed by atoms with van der Waals surface area (Å²) in [5.41, 5.74) is 2.20. The lowest BCUT2D eigenvalue weighted by Gasteiger charge is -2.20. The highest BCUT2D eigenvalue weighted by Crippen LogP contribution is 2.26. The van der Waals surface area contributed by atoms with Crippen LogP contribution in [0.15, 0.2) is 77.7 Å². The lowest BCUT2D eigenvalue weighted by atomic mass is 10.1. The Kier molecular flexibility index (Phi) is 6.97. The molecule has 0 radical (unpaired) electrons. The zero-order valence-electron chi connectivity index (χ0n) is 17.7. The number of hydrogen-bond acceptors (Lipinski definition) is 5. The summed E-state index contributed by atoms with van der Waals surface area (Å²) in [6, 6.07) is 20.5. The van der Waals surface area contributed by atoms with Crippen molar-refractivity contribution in [2.75, 3.05) is 18.0 Å². The summed E-state index contributed by atoms with van der Waals surface area (Å²) in [5.74, 6) is 0.0953. The van der Waals surface area contributed by atoms with Crippen LogP contribution in [0, 0.1) is 6.92 Å². The van der Waals surface area contributed by atoms with Crippen LogP contribution in [0.2, 0.25) is 0 Å². The Balaban J connectivity index is 1.82. The number of carbonyl (C=O) groups is 1. The molecular weight excluding hydrogens is 414 g/mol. The zero-order chi connectivity index (χ0) is 22.4. The first-order valence-electron chi connectivity index (χ1n) is 9.86. The molecule has 3 aromatic carbocycles. The lowest BCUT2D eigenvalue weighted by molar-refractivity contribution is 0.0471. The van der Waals surface area contributed by atoms with Crippen molar-refractivity contribution in [3.05, 3.63) is 89.5 Å². The van der Waals surface area contributed by atoms with E-state index in [4.69, 9.17) is 9.47 Å². The van der Waals surface area contributed by atoms with Crippen LogP contribution in [0.5, 0.6) is 5.75 Å². The predicted octanol–water partition coefficient (Wildman–Crippen LogP) is 4.58. The van der Waals surface area contributed by atoms with Crippen molar-refractivity contribution in [3.8, 4) is 5.75 Å². The highest BCUT2D eigenvalue weighted by atomic mass is 32.2. The molecule has 0 unspecified atom stereocenters. The number of rotatable bonds is 8. The van der Waals surface area contributed by atoms with Gasteiger partial charge in [0.05, 0.1) is 22.8 Å². The summed E-state index contributed by atoms with van der Waals surface area (Å²) in [6.07, 6.45) is 0. The van der Waals surface area contributed by atoms with Gasteiger partial charge in [0, 0.05) is 7.05 Å². The summed E-state index contributed by atoms with van der Waals surface area (Å²) in [5, 5.41) is 0. The van der Waals surface area contributed by atoms with E-state index in [9.17, 15) is 13.2 Å². The third-order valence-corrected chi connectivity index (χ3v) is 6.59. The third kappa shape index (κ3) is 5.24. The molecule has 0 aliphatic carbocycles. The summed E-state index contributed by atoms with van der Waals surface area (Å²) in [7, 11) is -2.40. The van der Waals surface area contributed by atoms with Crippen molar-refractivity contribution >= 4 is 21.7 Å². The molecule has 0 heterocycles. The van der Waals surface area contributed by atoms with Gasteiger partial charge < -0.3 is 9.47 Å². The van der Waals surface area contributed by atoms with Gasteiger partial charge in [-0.15, -0.1) is 0 Å². The average Bonchev–Trinajstić information content (AvgIpc) is 2.78. The number of carbonyl (C=O) groups excluding carboxylic acids is 1. The van der Waals surface area contributed by atoms with Crippen molar-refractivity contribution in [1.29, 1.82) is 0 Å². The number of nitrogens with zero attached hydrogens (tertiary/aromatic N) is 1. The highest BCUT2D eigenvalue weighted by Gasteiger charge is 2.24. The van der Waals surface area contributed by atoms with Gasteiger partial charge in [0.15, 0.2) is 0 Å². The first-order chi connectivity index (χ1) is 14.8. The molecular formula is C24H25NO5S. The second-order valence-corrected chi connectivity index (χ2v) is 8.91. The van der Waals surface area contributed by atoms with Crippen molar-refractivity contribution in [2.45, 2.75) is 25.3 Å². The largest absolute Gasteiger partial charge is 0.494 e. The maximum atomic E-state index is 13.2. The molecule has 7 heteroatoms.